The number of nitrogens with zero attached hydrogens (tertiary/aromatic N) is 4. The van der Waals surface area contributed by atoms with Crippen LogP contribution in [0.3, 0.4) is 0 Å². The predicted octanol–water partition coefficient (Wildman–Crippen LogP) is 3.18. The Morgan fingerprint density at radius 2 is 1.86 bits per heavy atom. The maximum absolute atomic E-state index is 12.3. The third-order valence-electron chi connectivity index (χ3n) is 4.27. The molecule has 0 fully saturated rings. The molecule has 1 N–H and O–H groups in total. The fourth-order valence-electron chi connectivity index (χ4n) is 3.07. The number of carbonyl (C=O) groups is 1. The molecule has 0 saturated carbocycles. The maximum atomic E-state index is 12.3. The monoisotopic (exact) mass is 397 g/mol. The van der Waals surface area contributed by atoms with E-state index in [0.717, 1.165) is 28.5 Å². The molecule has 0 aliphatic carbocycles. The zero-order chi connectivity index (χ0) is 20.8. The third-order valence-corrected chi connectivity index (χ3v) is 4.27. The van der Waals surface area contributed by atoms with Crippen molar-refractivity contribution in [3.05, 3.63) is 53.6 Å². The zero-order valence-corrected chi connectivity index (χ0v) is 17.3. The van der Waals surface area contributed by atoms with E-state index in [4.69, 9.17) is 9.47 Å². The van der Waals surface area contributed by atoms with E-state index in [-0.39, 0.29) is 12.5 Å². The molecule has 3 aromatic rings. The van der Waals surface area contributed by atoms with Crippen LogP contribution in [0, 0.1) is 13.8 Å². The van der Waals surface area contributed by atoms with Gasteiger partial charge in [-0.05, 0) is 51.5 Å². The molecule has 0 unspecified atom stereocenters. The lowest BCUT2D eigenvalue weighted by Gasteiger charge is -2.12. The Bertz CT molecular complexity index is 977. The number of carbonyl (C=O) groups excluding carboxylic acids is 1. The van der Waals surface area contributed by atoms with Gasteiger partial charge in [0.1, 0.15) is 6.54 Å². The number of ether oxygens (including phenoxy) is 2. The molecular formula is C21H27N5O3. The summed E-state index contributed by atoms with van der Waals surface area (Å²) in [6.07, 6.45) is 3.44. The summed E-state index contributed by atoms with van der Waals surface area (Å²) in [4.78, 5) is 12.3. The summed E-state index contributed by atoms with van der Waals surface area (Å²) in [7, 11) is 0. The van der Waals surface area contributed by atoms with Gasteiger partial charge < -0.3 is 14.8 Å². The first kappa shape index (κ1) is 20.4. The topological polar surface area (TPSA) is 83.2 Å². The van der Waals surface area contributed by atoms with Crippen molar-refractivity contribution in [2.75, 3.05) is 18.5 Å². The Morgan fingerprint density at radius 1 is 1.10 bits per heavy atom. The van der Waals surface area contributed by atoms with Crippen LogP contribution in [0.1, 0.15) is 30.8 Å². The van der Waals surface area contributed by atoms with E-state index in [1.54, 1.807) is 21.8 Å². The largest absolute Gasteiger partial charge is 0.490 e. The maximum Gasteiger partial charge on any atom is 0.246 e. The summed E-state index contributed by atoms with van der Waals surface area (Å²) in [6, 6.07) is 7.79. The molecule has 8 nitrogen and oxygen atoms in total. The number of rotatable bonds is 9. The minimum atomic E-state index is -0.143. The van der Waals surface area contributed by atoms with Crippen LogP contribution in [-0.2, 0) is 17.9 Å². The van der Waals surface area contributed by atoms with E-state index in [1.807, 2.05) is 52.0 Å². The molecule has 1 amide bonds. The van der Waals surface area contributed by atoms with Gasteiger partial charge in [0, 0.05) is 11.9 Å². The van der Waals surface area contributed by atoms with Gasteiger partial charge in [0.25, 0.3) is 0 Å². The van der Waals surface area contributed by atoms with E-state index in [0.29, 0.717) is 25.4 Å². The van der Waals surface area contributed by atoms with Gasteiger partial charge in [-0.3, -0.25) is 14.2 Å². The summed E-state index contributed by atoms with van der Waals surface area (Å²) >= 11 is 0. The second-order valence-electron chi connectivity index (χ2n) is 6.71. The van der Waals surface area contributed by atoms with E-state index < -0.39 is 0 Å². The number of amides is 1. The first-order valence-electron chi connectivity index (χ1n) is 9.70. The van der Waals surface area contributed by atoms with Crippen molar-refractivity contribution in [3.8, 4) is 11.5 Å². The SMILES string of the molecule is CCOc1ccc(Cn2cc(NC(=O)Cn3nc(C)cc3C)cn2)cc1OCC. The molecule has 0 bridgehead atoms. The van der Waals surface area contributed by atoms with Crippen LogP contribution in [0.2, 0.25) is 0 Å². The average Bonchev–Trinajstić information content (AvgIpc) is 3.23. The minimum absolute atomic E-state index is 0.143. The molecule has 1 aromatic carbocycles. The number of aryl methyl sites for hydroxylation is 2. The molecule has 0 radical (unpaired) electrons. The summed E-state index contributed by atoms with van der Waals surface area (Å²) in [5.41, 5.74) is 3.52. The second kappa shape index (κ2) is 9.27. The molecular weight excluding hydrogens is 370 g/mol. The molecule has 0 atom stereocenters. The Morgan fingerprint density at radius 3 is 2.55 bits per heavy atom. The molecule has 154 valence electrons. The molecule has 0 aliphatic rings. The van der Waals surface area contributed by atoms with Crippen LogP contribution < -0.4 is 14.8 Å². The van der Waals surface area contributed by atoms with Crippen molar-refractivity contribution >= 4 is 11.6 Å². The summed E-state index contributed by atoms with van der Waals surface area (Å²) < 4.78 is 14.7. The molecule has 0 saturated heterocycles. The number of anilines is 1. The molecule has 0 spiro atoms. The van der Waals surface area contributed by atoms with Gasteiger partial charge in [-0.15, -0.1) is 0 Å². The smallest absolute Gasteiger partial charge is 0.246 e. The van der Waals surface area contributed by atoms with Crippen molar-refractivity contribution in [1.82, 2.24) is 19.6 Å². The van der Waals surface area contributed by atoms with Crippen LogP contribution in [0.5, 0.6) is 11.5 Å². The quantitative estimate of drug-likeness (QED) is 0.600. The van der Waals surface area contributed by atoms with Crippen LogP contribution >= 0.6 is 0 Å². The van der Waals surface area contributed by atoms with E-state index in [2.05, 4.69) is 15.5 Å². The van der Waals surface area contributed by atoms with Gasteiger partial charge in [-0.25, -0.2) is 0 Å². The first-order valence-corrected chi connectivity index (χ1v) is 9.70. The first-order chi connectivity index (χ1) is 14.0. The highest BCUT2D eigenvalue weighted by Crippen LogP contribution is 2.28. The van der Waals surface area contributed by atoms with Gasteiger partial charge in [0.15, 0.2) is 11.5 Å². The van der Waals surface area contributed by atoms with Crippen molar-refractivity contribution in [2.45, 2.75) is 40.8 Å². The van der Waals surface area contributed by atoms with E-state index in [1.165, 1.54) is 0 Å². The lowest BCUT2D eigenvalue weighted by molar-refractivity contribution is -0.116. The minimum Gasteiger partial charge on any atom is -0.490 e. The van der Waals surface area contributed by atoms with Gasteiger partial charge in [-0.2, -0.15) is 10.2 Å². The Labute approximate surface area is 170 Å². The Kier molecular flexibility index (Phi) is 6.54. The van der Waals surface area contributed by atoms with E-state index in [9.17, 15) is 4.79 Å². The van der Waals surface area contributed by atoms with Crippen LogP contribution in [0.15, 0.2) is 36.7 Å². The number of nitrogens with one attached hydrogen (secondary N) is 1. The molecule has 3 rings (SSSR count). The predicted molar refractivity (Wildman–Crippen MR) is 110 cm³/mol. The van der Waals surface area contributed by atoms with Crippen LogP contribution in [0.25, 0.3) is 0 Å². The van der Waals surface area contributed by atoms with E-state index >= 15 is 0 Å². The number of hydrogen-bond donors (Lipinski definition) is 1. The standard InChI is InChI=1S/C21H27N5O3/c1-5-28-19-8-7-17(10-20(19)29-6-2)12-25-13-18(11-22-25)23-21(27)14-26-16(4)9-15(3)24-26/h7-11,13H,5-6,12,14H2,1-4H3,(H,23,27). The highest BCUT2D eigenvalue weighted by molar-refractivity contribution is 5.90. The highest BCUT2D eigenvalue weighted by Gasteiger charge is 2.10. The second-order valence-corrected chi connectivity index (χ2v) is 6.71. The van der Waals surface area contributed by atoms with Crippen molar-refractivity contribution in [1.29, 1.82) is 0 Å². The lowest BCUT2D eigenvalue weighted by atomic mass is 10.2. The summed E-state index contributed by atoms with van der Waals surface area (Å²) in [5, 5.41) is 11.5. The Hall–Kier alpha value is -3.29. The van der Waals surface area contributed by atoms with Crippen molar-refractivity contribution < 1.29 is 14.3 Å². The number of hydrogen-bond acceptors (Lipinski definition) is 5. The van der Waals surface area contributed by atoms with Crippen molar-refractivity contribution in [2.24, 2.45) is 0 Å². The lowest BCUT2D eigenvalue weighted by Crippen LogP contribution is -2.20. The third kappa shape index (κ3) is 5.37. The summed E-state index contributed by atoms with van der Waals surface area (Å²) in [5.74, 6) is 1.31. The van der Waals surface area contributed by atoms with Gasteiger partial charge in [0.05, 0.1) is 37.3 Å². The van der Waals surface area contributed by atoms with Crippen LogP contribution in [0.4, 0.5) is 5.69 Å². The van der Waals surface area contributed by atoms with Gasteiger partial charge >= 0.3 is 0 Å². The average molecular weight is 397 g/mol. The summed E-state index contributed by atoms with van der Waals surface area (Å²) in [6.45, 7) is 9.59. The zero-order valence-electron chi connectivity index (χ0n) is 17.3. The molecule has 2 aromatic heterocycles. The number of aromatic nitrogens is 4. The van der Waals surface area contributed by atoms with Gasteiger partial charge in [-0.1, -0.05) is 6.07 Å². The van der Waals surface area contributed by atoms with Crippen LogP contribution in [-0.4, -0.2) is 38.7 Å². The van der Waals surface area contributed by atoms with Gasteiger partial charge in [0.2, 0.25) is 5.91 Å². The molecule has 0 aliphatic heterocycles. The molecule has 29 heavy (non-hydrogen) atoms. The Balaban J connectivity index is 1.63. The molecule has 2 heterocycles. The number of benzene rings is 1. The molecule has 8 heteroatoms. The normalized spacial score (nSPS) is 10.8. The fraction of sp³-hybridized carbons (Fsp3) is 0.381. The fourth-order valence-corrected chi connectivity index (χ4v) is 3.07. The van der Waals surface area contributed by atoms with Crippen molar-refractivity contribution in [3.63, 3.8) is 0 Å². The highest BCUT2D eigenvalue weighted by atomic mass is 16.5.